The van der Waals surface area contributed by atoms with Crippen molar-refractivity contribution in [2.24, 2.45) is 0 Å². The zero-order chi connectivity index (χ0) is 9.68. The molecule has 0 saturated carbocycles. The monoisotopic (exact) mass is 187 g/mol. The lowest BCUT2D eigenvalue weighted by molar-refractivity contribution is -0.139. The van der Waals surface area contributed by atoms with Crippen LogP contribution in [0.15, 0.2) is 0 Å². The van der Waals surface area contributed by atoms with Gasteiger partial charge in [0, 0.05) is 6.42 Å². The Morgan fingerprint density at radius 1 is 1.77 bits per heavy atom. The van der Waals surface area contributed by atoms with Crippen LogP contribution < -0.4 is 5.32 Å². The molecule has 1 heterocycles. The van der Waals surface area contributed by atoms with Crippen molar-refractivity contribution >= 4 is 12.1 Å². The lowest BCUT2D eigenvalue weighted by Gasteiger charge is -2.08. The van der Waals surface area contributed by atoms with Crippen LogP contribution in [0.5, 0.6) is 0 Å². The van der Waals surface area contributed by atoms with Gasteiger partial charge in [0.05, 0.1) is 13.2 Å². The zero-order valence-electron chi connectivity index (χ0n) is 7.54. The van der Waals surface area contributed by atoms with Gasteiger partial charge in [-0.3, -0.25) is 0 Å². The molecule has 1 rings (SSSR count). The van der Waals surface area contributed by atoms with E-state index in [1.807, 2.05) is 6.92 Å². The Balaban J connectivity index is 2.23. The van der Waals surface area contributed by atoms with Crippen LogP contribution in [0.4, 0.5) is 4.79 Å². The Morgan fingerprint density at radius 2 is 2.54 bits per heavy atom. The molecular formula is C8H13NO4. The van der Waals surface area contributed by atoms with E-state index in [0.717, 1.165) is 6.42 Å². The van der Waals surface area contributed by atoms with Gasteiger partial charge < -0.3 is 14.8 Å². The third kappa shape index (κ3) is 2.93. The average Bonchev–Trinajstić information content (AvgIpc) is 2.48. The molecule has 1 amide bonds. The van der Waals surface area contributed by atoms with Crippen LogP contribution in [0.3, 0.4) is 0 Å². The number of esters is 1. The third-order valence-electron chi connectivity index (χ3n) is 1.66. The minimum absolute atomic E-state index is 0.369. The van der Waals surface area contributed by atoms with E-state index in [-0.39, 0.29) is 5.97 Å². The van der Waals surface area contributed by atoms with E-state index >= 15 is 0 Å². The average molecular weight is 187 g/mol. The molecule has 1 fully saturated rings. The quantitative estimate of drug-likeness (QED) is 0.651. The van der Waals surface area contributed by atoms with Gasteiger partial charge in [-0.25, -0.2) is 9.59 Å². The van der Waals surface area contributed by atoms with E-state index < -0.39 is 12.1 Å². The van der Waals surface area contributed by atoms with Crippen LogP contribution >= 0.6 is 0 Å². The summed E-state index contributed by atoms with van der Waals surface area (Å²) < 4.78 is 9.41. The maximum Gasteiger partial charge on any atom is 0.407 e. The van der Waals surface area contributed by atoms with Crippen molar-refractivity contribution in [1.29, 1.82) is 0 Å². The number of hydrogen-bond donors (Lipinski definition) is 1. The fraction of sp³-hybridized carbons (Fsp3) is 0.750. The summed E-state index contributed by atoms with van der Waals surface area (Å²) in [6, 6.07) is -0.524. The topological polar surface area (TPSA) is 64.6 Å². The Morgan fingerprint density at radius 3 is 3.08 bits per heavy atom. The fourth-order valence-electron chi connectivity index (χ4n) is 1.01. The molecule has 1 aliphatic rings. The number of carbonyl (C=O) groups is 2. The first kappa shape index (κ1) is 9.83. The molecule has 0 aromatic heterocycles. The van der Waals surface area contributed by atoms with Crippen molar-refractivity contribution in [3.8, 4) is 0 Å². The van der Waals surface area contributed by atoms with E-state index in [9.17, 15) is 9.59 Å². The number of hydrogen-bond acceptors (Lipinski definition) is 4. The Kier molecular flexibility index (Phi) is 3.54. The number of nitrogens with one attached hydrogen (secondary N) is 1. The predicted octanol–water partition coefficient (Wildman–Crippen LogP) is 0.438. The first-order valence-corrected chi connectivity index (χ1v) is 4.34. The van der Waals surface area contributed by atoms with Gasteiger partial charge in [0.15, 0.2) is 0 Å². The summed E-state index contributed by atoms with van der Waals surface area (Å²) in [7, 11) is 0. The second-order valence-electron chi connectivity index (χ2n) is 2.79. The Labute approximate surface area is 76.4 Å². The normalized spacial score (nSPS) is 21.0. The first-order valence-electron chi connectivity index (χ1n) is 4.34. The van der Waals surface area contributed by atoms with Crippen molar-refractivity contribution in [2.45, 2.75) is 25.8 Å². The van der Waals surface area contributed by atoms with Crippen LogP contribution in [0.25, 0.3) is 0 Å². The summed E-state index contributed by atoms with van der Waals surface area (Å²) in [5.41, 5.74) is 0. The maximum absolute atomic E-state index is 11.0. The summed E-state index contributed by atoms with van der Waals surface area (Å²) in [5.74, 6) is -0.381. The molecule has 5 nitrogen and oxygen atoms in total. The molecule has 1 aliphatic heterocycles. The van der Waals surface area contributed by atoms with Crippen molar-refractivity contribution < 1.29 is 19.1 Å². The summed E-state index contributed by atoms with van der Waals surface area (Å²) in [6.07, 6.45) is 0.744. The van der Waals surface area contributed by atoms with Gasteiger partial charge in [-0.05, 0) is 6.42 Å². The number of cyclic esters (lactones) is 1. The highest BCUT2D eigenvalue weighted by molar-refractivity contribution is 5.82. The highest BCUT2D eigenvalue weighted by atomic mass is 16.6. The SMILES string of the molecule is CCCOC(=O)NC1CCOC1=O. The molecule has 13 heavy (non-hydrogen) atoms. The number of rotatable bonds is 3. The van der Waals surface area contributed by atoms with Crippen LogP contribution in [0, 0.1) is 0 Å². The van der Waals surface area contributed by atoms with E-state index in [4.69, 9.17) is 4.74 Å². The zero-order valence-corrected chi connectivity index (χ0v) is 7.54. The van der Waals surface area contributed by atoms with Crippen molar-refractivity contribution in [2.75, 3.05) is 13.2 Å². The molecule has 0 aliphatic carbocycles. The summed E-state index contributed by atoms with van der Waals surface area (Å²) in [5, 5.41) is 2.43. The number of ether oxygens (including phenoxy) is 2. The van der Waals surface area contributed by atoms with Crippen molar-refractivity contribution in [3.63, 3.8) is 0 Å². The molecule has 74 valence electrons. The number of alkyl carbamates (subject to hydrolysis) is 1. The molecule has 0 spiro atoms. The van der Waals surface area contributed by atoms with Gasteiger partial charge in [0.1, 0.15) is 6.04 Å². The smallest absolute Gasteiger partial charge is 0.407 e. The van der Waals surface area contributed by atoms with Gasteiger partial charge in [0.2, 0.25) is 0 Å². The largest absolute Gasteiger partial charge is 0.464 e. The summed E-state index contributed by atoms with van der Waals surface area (Å²) in [4.78, 5) is 21.9. The predicted molar refractivity (Wildman–Crippen MR) is 44.1 cm³/mol. The second kappa shape index (κ2) is 4.69. The van der Waals surface area contributed by atoms with Crippen molar-refractivity contribution in [1.82, 2.24) is 5.32 Å². The molecule has 1 N–H and O–H groups in total. The van der Waals surface area contributed by atoms with Crippen LogP contribution in [0.1, 0.15) is 19.8 Å². The fourth-order valence-corrected chi connectivity index (χ4v) is 1.01. The summed E-state index contributed by atoms with van der Waals surface area (Å²) in [6.45, 7) is 2.64. The van der Waals surface area contributed by atoms with Gasteiger partial charge >= 0.3 is 12.1 Å². The van der Waals surface area contributed by atoms with Gasteiger partial charge in [-0.2, -0.15) is 0 Å². The standard InChI is InChI=1S/C8H13NO4/c1-2-4-13-8(11)9-6-3-5-12-7(6)10/h6H,2-5H2,1H3,(H,9,11). The van der Waals surface area contributed by atoms with Gasteiger partial charge in [0.25, 0.3) is 0 Å². The molecule has 1 atom stereocenters. The van der Waals surface area contributed by atoms with E-state index in [0.29, 0.717) is 19.6 Å². The van der Waals surface area contributed by atoms with E-state index in [1.165, 1.54) is 0 Å². The number of amides is 1. The number of carbonyl (C=O) groups excluding carboxylic acids is 2. The summed E-state index contributed by atoms with van der Waals surface area (Å²) >= 11 is 0. The second-order valence-corrected chi connectivity index (χ2v) is 2.79. The third-order valence-corrected chi connectivity index (χ3v) is 1.66. The molecular weight excluding hydrogens is 174 g/mol. The molecule has 1 saturated heterocycles. The first-order chi connectivity index (χ1) is 6.24. The molecule has 0 bridgehead atoms. The lowest BCUT2D eigenvalue weighted by atomic mass is 10.2. The Bertz CT molecular complexity index is 204. The van der Waals surface area contributed by atoms with Crippen LogP contribution in [0.2, 0.25) is 0 Å². The molecule has 0 radical (unpaired) electrons. The van der Waals surface area contributed by atoms with Gasteiger partial charge in [-0.15, -0.1) is 0 Å². The van der Waals surface area contributed by atoms with Crippen LogP contribution in [-0.4, -0.2) is 31.3 Å². The molecule has 1 unspecified atom stereocenters. The van der Waals surface area contributed by atoms with Crippen molar-refractivity contribution in [3.05, 3.63) is 0 Å². The minimum atomic E-state index is -0.550. The van der Waals surface area contributed by atoms with E-state index in [1.54, 1.807) is 0 Å². The Hall–Kier alpha value is -1.26. The molecule has 5 heteroatoms. The molecule has 0 aromatic carbocycles. The highest BCUT2D eigenvalue weighted by Crippen LogP contribution is 2.05. The molecule has 0 aromatic rings. The van der Waals surface area contributed by atoms with Crippen LogP contribution in [-0.2, 0) is 14.3 Å². The highest BCUT2D eigenvalue weighted by Gasteiger charge is 2.28. The lowest BCUT2D eigenvalue weighted by Crippen LogP contribution is -2.38. The maximum atomic E-state index is 11.0. The minimum Gasteiger partial charge on any atom is -0.464 e. The van der Waals surface area contributed by atoms with E-state index in [2.05, 4.69) is 10.1 Å². The van der Waals surface area contributed by atoms with Gasteiger partial charge in [-0.1, -0.05) is 6.92 Å².